The van der Waals surface area contributed by atoms with Crippen LogP contribution in [0.5, 0.6) is 0 Å². The number of carbonyl (C=O) groups is 1. The minimum atomic E-state index is -1.82. The first-order valence-corrected chi connectivity index (χ1v) is 11.8. The van der Waals surface area contributed by atoms with E-state index in [0.29, 0.717) is 18.4 Å². The lowest BCUT2D eigenvalue weighted by atomic mass is 9.87. The molecule has 9 heteroatoms. The van der Waals surface area contributed by atoms with Gasteiger partial charge in [0.05, 0.1) is 0 Å². The number of aliphatic hydroxyl groups is 2. The summed E-state index contributed by atoms with van der Waals surface area (Å²) in [4.78, 5) is 9.98. The van der Waals surface area contributed by atoms with Gasteiger partial charge in [-0.1, -0.05) is 44.9 Å². The zero-order valence-corrected chi connectivity index (χ0v) is 21.5. The number of carbonyl (C=O) groups excluding carboxylic acids is 1. The number of hydrogen-bond donors (Lipinski definition) is 4. The Morgan fingerprint density at radius 2 is 2.00 bits per heavy atom. The number of thiol groups is 2. The SMILES string of the molecule is C=C/C=C(\C=C)C[C@@H](C)[C@H](OC(C)=O)C(=C)CCC12OC(S)C(O)(S)C(C)(O1)[C@H](OC)[C@H]2O. The third-order valence-electron chi connectivity index (χ3n) is 6.46. The molecule has 0 spiro atoms. The summed E-state index contributed by atoms with van der Waals surface area (Å²) >= 11 is 8.65. The van der Waals surface area contributed by atoms with Gasteiger partial charge in [0.1, 0.15) is 29.3 Å². The zero-order chi connectivity index (χ0) is 25.2. The van der Waals surface area contributed by atoms with Crippen LogP contribution < -0.4 is 0 Å². The highest BCUT2D eigenvalue weighted by Gasteiger charge is 2.74. The molecule has 0 aliphatic carbocycles. The standard InChI is InChI=1S/C24H36O7S2/c1-8-10-17(9-2)13-15(4)18(29-16(5)25)14(3)11-12-23-19(26)20(28-7)22(6,31-23)24(27,33)21(32)30-23/h8-10,15,18-21,26-27,32-33H,1-3,11-13H2,4-7H3/b17-10+/t15-,18-,19-,20-,21?,22?,23?,24?/m1/s1. The van der Waals surface area contributed by atoms with Gasteiger partial charge in [0.25, 0.3) is 0 Å². The molecule has 33 heavy (non-hydrogen) atoms. The van der Waals surface area contributed by atoms with Crippen molar-refractivity contribution in [3.05, 3.63) is 49.1 Å². The Labute approximate surface area is 207 Å². The summed E-state index contributed by atoms with van der Waals surface area (Å²) in [6.45, 7) is 16.6. The average molecular weight is 501 g/mol. The van der Waals surface area contributed by atoms with Crippen LogP contribution in [-0.2, 0) is 23.7 Å². The van der Waals surface area contributed by atoms with Crippen LogP contribution in [0.3, 0.4) is 0 Å². The molecule has 0 aromatic heterocycles. The maximum atomic E-state index is 11.8. The van der Waals surface area contributed by atoms with Crippen LogP contribution in [0, 0.1) is 5.92 Å². The van der Waals surface area contributed by atoms with Crippen molar-refractivity contribution in [1.82, 2.24) is 0 Å². The fourth-order valence-electron chi connectivity index (χ4n) is 4.62. The van der Waals surface area contributed by atoms with Gasteiger partial charge in [0, 0.05) is 26.4 Å². The predicted molar refractivity (Wildman–Crippen MR) is 133 cm³/mol. The van der Waals surface area contributed by atoms with Crippen molar-refractivity contribution in [2.75, 3.05) is 7.11 Å². The Morgan fingerprint density at radius 3 is 2.52 bits per heavy atom. The van der Waals surface area contributed by atoms with Crippen LogP contribution in [0.15, 0.2) is 49.1 Å². The monoisotopic (exact) mass is 500 g/mol. The van der Waals surface area contributed by atoms with E-state index in [1.165, 1.54) is 14.0 Å². The van der Waals surface area contributed by atoms with Gasteiger partial charge in [-0.3, -0.25) is 4.79 Å². The molecular weight excluding hydrogens is 464 g/mol. The molecule has 8 atom stereocenters. The summed E-state index contributed by atoms with van der Waals surface area (Å²) in [5, 5.41) is 21.9. The molecule has 4 unspecified atom stereocenters. The normalized spacial score (nSPS) is 37.8. The van der Waals surface area contributed by atoms with E-state index < -0.39 is 46.0 Å². The van der Waals surface area contributed by atoms with E-state index in [-0.39, 0.29) is 12.3 Å². The number of hydrogen-bond acceptors (Lipinski definition) is 9. The Morgan fingerprint density at radius 1 is 1.36 bits per heavy atom. The molecule has 0 amide bonds. The molecule has 2 saturated heterocycles. The highest BCUT2D eigenvalue weighted by Crippen LogP contribution is 2.56. The van der Waals surface area contributed by atoms with E-state index in [4.69, 9.17) is 18.9 Å². The fraction of sp³-hybridized carbons (Fsp3) is 0.625. The number of allylic oxidation sites excluding steroid dienone is 4. The zero-order valence-electron chi connectivity index (χ0n) is 19.7. The van der Waals surface area contributed by atoms with E-state index in [1.54, 1.807) is 19.1 Å². The molecule has 0 radical (unpaired) electrons. The number of fused-ring (bicyclic) bond motifs is 2. The smallest absolute Gasteiger partial charge is 0.303 e. The van der Waals surface area contributed by atoms with Gasteiger partial charge in [0.15, 0.2) is 10.7 Å². The lowest BCUT2D eigenvalue weighted by Gasteiger charge is -2.50. The summed E-state index contributed by atoms with van der Waals surface area (Å²) in [7, 11) is 1.42. The van der Waals surface area contributed by atoms with Gasteiger partial charge in [-0.05, 0) is 30.9 Å². The van der Waals surface area contributed by atoms with E-state index >= 15 is 0 Å². The first-order valence-electron chi connectivity index (χ1n) is 10.8. The van der Waals surface area contributed by atoms with Crippen LogP contribution >= 0.6 is 25.3 Å². The van der Waals surface area contributed by atoms with E-state index in [0.717, 1.165) is 5.57 Å². The second-order valence-electron chi connectivity index (χ2n) is 8.87. The van der Waals surface area contributed by atoms with Crippen molar-refractivity contribution >= 4 is 31.2 Å². The largest absolute Gasteiger partial charge is 0.458 e. The molecule has 2 N–H and O–H groups in total. The van der Waals surface area contributed by atoms with Crippen molar-refractivity contribution in [3.8, 4) is 0 Å². The molecule has 0 saturated carbocycles. The number of rotatable bonds is 11. The Balaban J connectivity index is 2.23. The number of ether oxygens (including phenoxy) is 4. The van der Waals surface area contributed by atoms with Gasteiger partial charge in [-0.25, -0.2) is 0 Å². The van der Waals surface area contributed by atoms with Crippen molar-refractivity contribution < 1.29 is 34.0 Å². The highest BCUT2D eigenvalue weighted by atomic mass is 32.1. The minimum Gasteiger partial charge on any atom is -0.458 e. The average Bonchev–Trinajstić information content (AvgIpc) is 2.94. The lowest BCUT2D eigenvalue weighted by molar-refractivity contribution is -0.351. The molecule has 2 aliphatic rings. The van der Waals surface area contributed by atoms with Gasteiger partial charge in [-0.2, -0.15) is 0 Å². The first-order chi connectivity index (χ1) is 15.3. The number of esters is 1. The lowest BCUT2D eigenvalue weighted by Crippen LogP contribution is -2.64. The second-order valence-corrected chi connectivity index (χ2v) is 10.0. The van der Waals surface area contributed by atoms with Crippen LogP contribution in [0.25, 0.3) is 0 Å². The highest BCUT2D eigenvalue weighted by molar-refractivity contribution is 7.85. The maximum absolute atomic E-state index is 11.8. The van der Waals surface area contributed by atoms with Crippen molar-refractivity contribution in [3.63, 3.8) is 0 Å². The maximum Gasteiger partial charge on any atom is 0.303 e. The molecule has 2 rings (SSSR count). The number of methoxy groups -OCH3 is 1. The summed E-state index contributed by atoms with van der Waals surface area (Å²) < 4.78 is 23.0. The summed E-state index contributed by atoms with van der Waals surface area (Å²) in [5.74, 6) is -2.02. The molecule has 0 aromatic rings. The number of aliphatic hydroxyl groups excluding tert-OH is 1. The Kier molecular flexibility index (Phi) is 9.12. The predicted octanol–water partition coefficient (Wildman–Crippen LogP) is 3.34. The second kappa shape index (κ2) is 10.7. The van der Waals surface area contributed by atoms with E-state index in [9.17, 15) is 15.0 Å². The Bertz CT molecular complexity index is 811. The quantitative estimate of drug-likeness (QED) is 0.114. The first kappa shape index (κ1) is 28.2. The fourth-order valence-corrected chi connectivity index (χ4v) is 5.28. The minimum absolute atomic E-state index is 0.0954. The molecule has 186 valence electrons. The van der Waals surface area contributed by atoms with Crippen molar-refractivity contribution in [2.45, 2.75) is 80.1 Å². The summed E-state index contributed by atoms with van der Waals surface area (Å²) in [6.07, 6.45) is 3.65. The molecule has 7 nitrogen and oxygen atoms in total. The van der Waals surface area contributed by atoms with Crippen molar-refractivity contribution in [1.29, 1.82) is 0 Å². The van der Waals surface area contributed by atoms with Gasteiger partial charge in [-0.15, -0.1) is 25.3 Å². The molecule has 2 bridgehead atoms. The Hall–Kier alpha value is -1.07. The van der Waals surface area contributed by atoms with Crippen molar-refractivity contribution in [2.24, 2.45) is 5.92 Å². The van der Waals surface area contributed by atoms with Crippen LogP contribution in [0.1, 0.15) is 40.0 Å². The molecule has 2 fully saturated rings. The van der Waals surface area contributed by atoms with Crippen LogP contribution in [-0.4, -0.2) is 63.4 Å². The van der Waals surface area contributed by atoms with Gasteiger partial charge < -0.3 is 29.2 Å². The van der Waals surface area contributed by atoms with E-state index in [1.807, 2.05) is 13.0 Å². The molecule has 2 aliphatic heterocycles. The molecule has 0 aromatic carbocycles. The topological polar surface area (TPSA) is 94.5 Å². The third-order valence-corrected chi connectivity index (χ3v) is 7.82. The van der Waals surface area contributed by atoms with Gasteiger partial charge in [0.2, 0.25) is 0 Å². The van der Waals surface area contributed by atoms with Crippen LogP contribution in [0.4, 0.5) is 0 Å². The summed E-state index contributed by atoms with van der Waals surface area (Å²) in [5.41, 5.74) is -0.841. The van der Waals surface area contributed by atoms with Crippen LogP contribution in [0.2, 0.25) is 0 Å². The summed E-state index contributed by atoms with van der Waals surface area (Å²) in [6, 6.07) is 0. The third kappa shape index (κ3) is 5.29. The van der Waals surface area contributed by atoms with Gasteiger partial charge >= 0.3 is 5.97 Å². The molecular formula is C24H36O7S2. The molecule has 2 heterocycles. The van der Waals surface area contributed by atoms with E-state index in [2.05, 4.69) is 45.0 Å².